The number of hydrogen-bond donors (Lipinski definition) is 3. The molecule has 2 aromatic heterocycles. The Balaban J connectivity index is 2.04. The van der Waals surface area contributed by atoms with Crippen LogP contribution in [0.4, 0.5) is 17.3 Å². The molecule has 0 spiro atoms. The molecule has 1 unspecified atom stereocenters. The summed E-state index contributed by atoms with van der Waals surface area (Å²) >= 11 is 3.32. The van der Waals surface area contributed by atoms with Crippen molar-refractivity contribution in [3.8, 4) is 0 Å². The lowest BCUT2D eigenvalue weighted by atomic mass is 10.2. The molecule has 10 nitrogen and oxygen atoms in total. The van der Waals surface area contributed by atoms with Crippen LogP contribution in [0.3, 0.4) is 0 Å². The number of pyridine rings is 1. The van der Waals surface area contributed by atoms with Gasteiger partial charge in [-0.3, -0.25) is 9.59 Å². The third-order valence-corrected chi connectivity index (χ3v) is 6.52. The fraction of sp³-hybridized carbons (Fsp3) is 0.353. The van der Waals surface area contributed by atoms with E-state index in [0.717, 1.165) is 12.8 Å². The summed E-state index contributed by atoms with van der Waals surface area (Å²) in [5.41, 5.74) is 0.261. The van der Waals surface area contributed by atoms with Crippen LogP contribution in [0.2, 0.25) is 0 Å². The summed E-state index contributed by atoms with van der Waals surface area (Å²) in [7, 11) is 0.199. The fourth-order valence-electron chi connectivity index (χ4n) is 2.44. The number of anilines is 3. The van der Waals surface area contributed by atoms with Gasteiger partial charge in [-0.2, -0.15) is 0 Å². The standard InChI is InChI=1S/C17H20BrN7O3S/c1-19-17(27)14-11(7-13(24-25-14)23-16(26)9-4-5-9)22-15-12(29(3,28)20-2)6-10(18)8-21-15/h6-9H,4-5H2,1-3H3,(H,19,27)(H2,21,22,23,24,26). The molecule has 2 amide bonds. The maximum Gasteiger partial charge on any atom is 0.273 e. The van der Waals surface area contributed by atoms with E-state index in [-0.39, 0.29) is 34.8 Å². The average Bonchev–Trinajstić information content (AvgIpc) is 3.54. The van der Waals surface area contributed by atoms with E-state index in [0.29, 0.717) is 9.37 Å². The zero-order chi connectivity index (χ0) is 21.2. The maximum atomic E-state index is 12.9. The largest absolute Gasteiger partial charge is 0.354 e. The molecule has 1 atom stereocenters. The first kappa shape index (κ1) is 21.1. The maximum absolute atomic E-state index is 12.9. The van der Waals surface area contributed by atoms with Gasteiger partial charge < -0.3 is 16.0 Å². The Labute approximate surface area is 176 Å². The van der Waals surface area contributed by atoms with Crippen molar-refractivity contribution in [3.05, 3.63) is 28.5 Å². The zero-order valence-corrected chi connectivity index (χ0v) is 18.4. The predicted octanol–water partition coefficient (Wildman–Crippen LogP) is 2.17. The third-order valence-electron chi connectivity index (χ3n) is 4.26. The van der Waals surface area contributed by atoms with E-state index in [1.54, 1.807) is 6.07 Å². The van der Waals surface area contributed by atoms with Crippen molar-refractivity contribution in [1.82, 2.24) is 20.5 Å². The normalized spacial score (nSPS) is 15.2. The van der Waals surface area contributed by atoms with Gasteiger partial charge in [0.2, 0.25) is 5.91 Å². The van der Waals surface area contributed by atoms with Crippen molar-refractivity contribution in [1.29, 1.82) is 0 Å². The molecule has 0 aromatic carbocycles. The van der Waals surface area contributed by atoms with Gasteiger partial charge in [-0.25, -0.2) is 13.6 Å². The molecular formula is C17H20BrN7O3S. The number of aromatic nitrogens is 3. The van der Waals surface area contributed by atoms with Gasteiger partial charge >= 0.3 is 0 Å². The van der Waals surface area contributed by atoms with E-state index in [9.17, 15) is 13.8 Å². The number of hydrogen-bond acceptors (Lipinski definition) is 8. The van der Waals surface area contributed by atoms with Crippen LogP contribution in [0.25, 0.3) is 0 Å². The second-order valence-corrected chi connectivity index (χ2v) is 9.77. The summed E-state index contributed by atoms with van der Waals surface area (Å²) < 4.78 is 17.4. The highest BCUT2D eigenvalue weighted by atomic mass is 79.9. The minimum absolute atomic E-state index is 0.00336. The van der Waals surface area contributed by atoms with Crippen LogP contribution in [0.1, 0.15) is 23.3 Å². The van der Waals surface area contributed by atoms with Gasteiger partial charge in [0, 0.05) is 43.0 Å². The molecule has 3 N–H and O–H groups in total. The van der Waals surface area contributed by atoms with E-state index in [4.69, 9.17) is 0 Å². The summed E-state index contributed by atoms with van der Waals surface area (Å²) in [4.78, 5) is 28.9. The van der Waals surface area contributed by atoms with E-state index in [1.165, 1.54) is 32.6 Å². The first-order chi connectivity index (χ1) is 13.7. The van der Waals surface area contributed by atoms with Crippen LogP contribution in [-0.4, -0.2) is 51.6 Å². The van der Waals surface area contributed by atoms with Crippen LogP contribution < -0.4 is 16.0 Å². The summed E-state index contributed by atoms with van der Waals surface area (Å²) in [5.74, 6) is -0.169. The first-order valence-electron chi connectivity index (χ1n) is 8.68. The highest BCUT2D eigenvalue weighted by molar-refractivity contribution is 9.10. The topological polar surface area (TPSA) is 138 Å². The van der Waals surface area contributed by atoms with Crippen LogP contribution in [0, 0.1) is 5.92 Å². The SMILES string of the molecule is CN=S(C)(=O)c1cc(Br)cnc1Nc1cc(NC(=O)C2CC2)nnc1C(=O)NC. The third kappa shape index (κ3) is 4.88. The number of nitrogens with zero attached hydrogens (tertiary/aromatic N) is 4. The van der Waals surface area contributed by atoms with Gasteiger partial charge in [0.25, 0.3) is 5.91 Å². The predicted molar refractivity (Wildman–Crippen MR) is 113 cm³/mol. The highest BCUT2D eigenvalue weighted by Crippen LogP contribution is 2.31. The van der Waals surface area contributed by atoms with Crippen LogP contribution in [0.15, 0.2) is 32.1 Å². The summed E-state index contributed by atoms with van der Waals surface area (Å²) in [6, 6.07) is 3.14. The van der Waals surface area contributed by atoms with Gasteiger partial charge in [-0.15, -0.1) is 10.2 Å². The van der Waals surface area contributed by atoms with Crippen molar-refractivity contribution in [2.24, 2.45) is 10.3 Å². The van der Waals surface area contributed by atoms with Crippen molar-refractivity contribution in [2.45, 2.75) is 17.7 Å². The zero-order valence-electron chi connectivity index (χ0n) is 16.0. The van der Waals surface area contributed by atoms with Gasteiger partial charge in [-0.05, 0) is 34.8 Å². The number of amides is 2. The fourth-order valence-corrected chi connectivity index (χ4v) is 3.92. The Morgan fingerprint density at radius 3 is 2.62 bits per heavy atom. The second kappa shape index (κ2) is 8.41. The molecule has 3 rings (SSSR count). The minimum atomic E-state index is -2.73. The van der Waals surface area contributed by atoms with Crippen LogP contribution >= 0.6 is 15.9 Å². The Morgan fingerprint density at radius 1 is 1.28 bits per heavy atom. The van der Waals surface area contributed by atoms with Gasteiger partial charge in [0.05, 0.1) is 20.3 Å². The van der Waals surface area contributed by atoms with Gasteiger partial charge in [-0.1, -0.05) is 0 Å². The Kier molecular flexibility index (Phi) is 6.13. The molecule has 1 saturated carbocycles. The average molecular weight is 482 g/mol. The number of rotatable bonds is 6. The van der Waals surface area contributed by atoms with Crippen molar-refractivity contribution < 1.29 is 13.8 Å². The smallest absolute Gasteiger partial charge is 0.273 e. The molecule has 1 fully saturated rings. The van der Waals surface area contributed by atoms with Crippen molar-refractivity contribution in [3.63, 3.8) is 0 Å². The van der Waals surface area contributed by atoms with Gasteiger partial charge in [0.15, 0.2) is 11.5 Å². The van der Waals surface area contributed by atoms with E-state index < -0.39 is 15.6 Å². The quantitative estimate of drug-likeness (QED) is 0.574. The number of carbonyl (C=O) groups excluding carboxylic acids is 2. The molecular weight excluding hydrogens is 462 g/mol. The number of nitrogens with one attached hydrogen (secondary N) is 3. The van der Waals surface area contributed by atoms with Crippen LogP contribution in [-0.2, 0) is 14.5 Å². The highest BCUT2D eigenvalue weighted by Gasteiger charge is 2.30. The van der Waals surface area contributed by atoms with E-state index in [1.807, 2.05) is 0 Å². The number of halogens is 1. The lowest BCUT2D eigenvalue weighted by Crippen LogP contribution is -2.22. The second-order valence-electron chi connectivity index (χ2n) is 6.44. The first-order valence-corrected chi connectivity index (χ1v) is 11.4. The van der Waals surface area contributed by atoms with Crippen LogP contribution in [0.5, 0.6) is 0 Å². The summed E-state index contributed by atoms with van der Waals surface area (Å²) in [5, 5.41) is 16.0. The molecule has 29 heavy (non-hydrogen) atoms. The molecule has 2 heterocycles. The lowest BCUT2D eigenvalue weighted by Gasteiger charge is -2.15. The Bertz CT molecular complexity index is 1090. The van der Waals surface area contributed by atoms with Gasteiger partial charge in [0.1, 0.15) is 5.82 Å². The Morgan fingerprint density at radius 2 is 2.00 bits per heavy atom. The molecule has 0 bridgehead atoms. The molecule has 2 aromatic rings. The van der Waals surface area contributed by atoms with Crippen molar-refractivity contribution >= 4 is 54.8 Å². The molecule has 12 heteroatoms. The molecule has 154 valence electrons. The summed E-state index contributed by atoms with van der Waals surface area (Å²) in [6.07, 6.45) is 4.71. The Hall–Kier alpha value is -2.60. The van der Waals surface area contributed by atoms with E-state index in [2.05, 4.69) is 51.4 Å². The van der Waals surface area contributed by atoms with E-state index >= 15 is 0 Å². The molecule has 0 saturated heterocycles. The number of carbonyl (C=O) groups is 2. The lowest BCUT2D eigenvalue weighted by molar-refractivity contribution is -0.117. The summed E-state index contributed by atoms with van der Waals surface area (Å²) in [6.45, 7) is 0. The molecule has 0 radical (unpaired) electrons. The minimum Gasteiger partial charge on any atom is -0.354 e. The molecule has 0 aliphatic heterocycles. The molecule has 1 aliphatic rings. The monoisotopic (exact) mass is 481 g/mol. The molecule has 1 aliphatic carbocycles. The van der Waals surface area contributed by atoms with Crippen molar-refractivity contribution in [2.75, 3.05) is 31.0 Å².